The molecule has 3 heteroatoms. The van der Waals surface area contributed by atoms with E-state index in [0.29, 0.717) is 0 Å². The first-order chi connectivity index (χ1) is 47.3. The number of fused-ring (bicyclic) bond motifs is 9. The molecule has 456 valence electrons. The van der Waals surface area contributed by atoms with Crippen LogP contribution in [0.4, 0.5) is 0 Å². The Labute approximate surface area is 561 Å². The second-order valence-corrected chi connectivity index (χ2v) is 25.1. The van der Waals surface area contributed by atoms with Crippen LogP contribution in [0, 0.1) is 20.8 Å². The zero-order chi connectivity index (χ0) is 64.5. The van der Waals surface area contributed by atoms with E-state index < -0.39 is 0 Å². The van der Waals surface area contributed by atoms with E-state index in [9.17, 15) is 0 Å². The maximum Gasteiger partial charge on any atom is 0.0547 e. The molecule has 0 amide bonds. The second kappa shape index (κ2) is 25.7. The molecule has 0 bridgehead atoms. The molecule has 0 spiro atoms. The fourth-order valence-corrected chi connectivity index (χ4v) is 13.9. The van der Waals surface area contributed by atoms with E-state index in [-0.39, 0.29) is 0 Å². The lowest BCUT2D eigenvalue weighted by Gasteiger charge is -2.09. The molecule has 0 saturated heterocycles. The van der Waals surface area contributed by atoms with Gasteiger partial charge in [-0.15, -0.1) is 0 Å². The number of hydrogen-bond donors (Lipinski definition) is 0. The van der Waals surface area contributed by atoms with E-state index >= 15 is 0 Å². The zero-order valence-corrected chi connectivity index (χ0v) is 54.0. The van der Waals surface area contributed by atoms with Gasteiger partial charge < -0.3 is 13.7 Å². The Morgan fingerprint density at radius 2 is 0.417 bits per heavy atom. The Kier molecular flexibility index (Phi) is 15.7. The van der Waals surface area contributed by atoms with Crippen LogP contribution >= 0.6 is 0 Å². The van der Waals surface area contributed by atoms with E-state index in [2.05, 4.69) is 398 Å². The fourth-order valence-electron chi connectivity index (χ4n) is 13.9. The summed E-state index contributed by atoms with van der Waals surface area (Å²) in [7, 11) is 0. The molecule has 3 nitrogen and oxygen atoms in total. The summed E-state index contributed by atoms with van der Waals surface area (Å²) in [5.41, 5.74) is 29.7. The van der Waals surface area contributed by atoms with E-state index in [1.807, 2.05) is 0 Å². The maximum absolute atomic E-state index is 2.39. The van der Waals surface area contributed by atoms with Crippen molar-refractivity contribution in [3.8, 4) is 83.8 Å². The van der Waals surface area contributed by atoms with Gasteiger partial charge in [-0.25, -0.2) is 0 Å². The van der Waals surface area contributed by atoms with Gasteiger partial charge in [0.25, 0.3) is 0 Å². The quantitative estimate of drug-likeness (QED) is 0.137. The van der Waals surface area contributed by atoms with Gasteiger partial charge in [-0.1, -0.05) is 278 Å². The number of aryl methyl sites for hydroxylation is 3. The van der Waals surface area contributed by atoms with Gasteiger partial charge in [-0.3, -0.25) is 0 Å². The molecule has 3 aromatic heterocycles. The van der Waals surface area contributed by atoms with Crippen molar-refractivity contribution in [3.63, 3.8) is 0 Å². The SMILES string of the molecule is Cc1ccc(-c2ccc3c(c2)c2cc(-c4ccccc4)ccc2n3-c2ccccc2)cc1.Cc1ccc(-c2cccc3c2c2cc(-c4ccccc4)ccc2n3-c2ccccc2)cc1.Cc1ccc(-n2c3ccc(-c4ccccc4)cc3c3cc(-c4ccccc4)ccc32)cc1. The molecule has 0 radical (unpaired) electrons. The maximum atomic E-state index is 2.39. The largest absolute Gasteiger partial charge is 0.309 e. The van der Waals surface area contributed by atoms with E-state index in [0.717, 1.165) is 0 Å². The standard InChI is InChI=1S/3C31H23N/c1-22-15-17-24(18-16-22)27-13-8-14-30-31(27)28-21-25(23-9-4-2-5-10-23)19-20-29(28)32(30)26-11-6-3-7-12-26;1-22-12-16-27(17-13-22)32-30-18-14-25(23-8-4-2-5-9-23)20-28(30)29-21-26(15-19-31(29)32)24-10-6-3-7-11-24;1-22-12-14-24(15-13-22)26-17-19-31-29(21-26)28-20-25(23-8-4-2-5-9-23)16-18-30(28)32(31)27-10-6-3-7-11-27/h3*2-21H,1H3. The third-order valence-electron chi connectivity index (χ3n) is 18.8. The topological polar surface area (TPSA) is 14.8 Å². The van der Waals surface area contributed by atoms with Gasteiger partial charge in [0.05, 0.1) is 33.1 Å². The number of nitrogens with zero attached hydrogens (tertiary/aromatic N) is 3. The van der Waals surface area contributed by atoms with Gasteiger partial charge in [-0.05, 0) is 191 Å². The highest BCUT2D eigenvalue weighted by Gasteiger charge is 2.20. The van der Waals surface area contributed by atoms with E-state index in [1.165, 1.54) is 166 Å². The normalized spacial score (nSPS) is 11.3. The van der Waals surface area contributed by atoms with Gasteiger partial charge in [0, 0.05) is 49.4 Å². The first kappa shape index (κ1) is 58.8. The Bertz CT molecular complexity index is 5670. The van der Waals surface area contributed by atoms with Crippen molar-refractivity contribution < 1.29 is 0 Å². The molecule has 3 heterocycles. The summed E-state index contributed by atoms with van der Waals surface area (Å²) < 4.78 is 7.14. The Morgan fingerprint density at radius 1 is 0.167 bits per heavy atom. The molecule has 0 aliphatic rings. The molecule has 18 aromatic rings. The number of rotatable bonds is 9. The summed E-state index contributed by atoms with van der Waals surface area (Å²) in [5.74, 6) is 0. The first-order valence-electron chi connectivity index (χ1n) is 33.1. The van der Waals surface area contributed by atoms with Crippen molar-refractivity contribution in [2.45, 2.75) is 20.8 Å². The summed E-state index contributed by atoms with van der Waals surface area (Å²) in [6, 6.07) is 131. The molecule has 0 N–H and O–H groups in total. The highest BCUT2D eigenvalue weighted by Crippen LogP contribution is 2.42. The minimum absolute atomic E-state index is 1.18. The summed E-state index contributed by atoms with van der Waals surface area (Å²) in [4.78, 5) is 0. The van der Waals surface area contributed by atoms with Gasteiger partial charge in [0.15, 0.2) is 0 Å². The molecule has 96 heavy (non-hydrogen) atoms. The number of aromatic nitrogens is 3. The molecule has 0 unspecified atom stereocenters. The minimum Gasteiger partial charge on any atom is -0.309 e. The smallest absolute Gasteiger partial charge is 0.0547 e. The average molecular weight is 1230 g/mol. The fraction of sp³-hybridized carbons (Fsp3) is 0.0323. The van der Waals surface area contributed by atoms with Gasteiger partial charge in [-0.2, -0.15) is 0 Å². The van der Waals surface area contributed by atoms with Crippen LogP contribution in [0.2, 0.25) is 0 Å². The summed E-state index contributed by atoms with van der Waals surface area (Å²) in [5, 5.41) is 7.69. The predicted octanol–water partition coefficient (Wildman–Crippen LogP) is 25.3. The van der Waals surface area contributed by atoms with Crippen LogP contribution in [-0.4, -0.2) is 13.7 Å². The predicted molar refractivity (Wildman–Crippen MR) is 409 cm³/mol. The average Bonchev–Trinajstić information content (AvgIpc) is 1.61. The number of hydrogen-bond acceptors (Lipinski definition) is 0. The Balaban J connectivity index is 0.000000113. The molecular formula is C93H69N3. The number of benzene rings is 15. The minimum atomic E-state index is 1.18. The molecule has 0 aliphatic heterocycles. The van der Waals surface area contributed by atoms with Crippen LogP contribution in [0.5, 0.6) is 0 Å². The molecule has 0 atom stereocenters. The van der Waals surface area contributed by atoms with Crippen molar-refractivity contribution >= 4 is 65.4 Å². The lowest BCUT2D eigenvalue weighted by Crippen LogP contribution is -1.93. The molecule has 15 aromatic carbocycles. The van der Waals surface area contributed by atoms with Gasteiger partial charge >= 0.3 is 0 Å². The van der Waals surface area contributed by atoms with E-state index in [1.54, 1.807) is 0 Å². The highest BCUT2D eigenvalue weighted by molar-refractivity contribution is 6.17. The van der Waals surface area contributed by atoms with Crippen molar-refractivity contribution in [1.82, 2.24) is 13.7 Å². The van der Waals surface area contributed by atoms with Crippen molar-refractivity contribution in [3.05, 3.63) is 381 Å². The van der Waals surface area contributed by atoms with Gasteiger partial charge in [0.1, 0.15) is 0 Å². The summed E-state index contributed by atoms with van der Waals surface area (Å²) >= 11 is 0. The molecular weight excluding hydrogens is 1160 g/mol. The van der Waals surface area contributed by atoms with E-state index in [4.69, 9.17) is 0 Å². The van der Waals surface area contributed by atoms with Crippen LogP contribution in [0.3, 0.4) is 0 Å². The second-order valence-electron chi connectivity index (χ2n) is 25.1. The van der Waals surface area contributed by atoms with Crippen LogP contribution in [0.1, 0.15) is 16.7 Å². The van der Waals surface area contributed by atoms with Crippen LogP contribution in [0.25, 0.3) is 149 Å². The first-order valence-corrected chi connectivity index (χ1v) is 33.1. The summed E-state index contributed by atoms with van der Waals surface area (Å²) in [6.07, 6.45) is 0. The third kappa shape index (κ3) is 11.3. The van der Waals surface area contributed by atoms with Crippen LogP contribution < -0.4 is 0 Å². The Hall–Kier alpha value is -12.3. The van der Waals surface area contributed by atoms with Crippen molar-refractivity contribution in [1.29, 1.82) is 0 Å². The van der Waals surface area contributed by atoms with Gasteiger partial charge in [0.2, 0.25) is 0 Å². The lowest BCUT2D eigenvalue weighted by atomic mass is 9.97. The molecule has 18 rings (SSSR count). The molecule has 0 fully saturated rings. The number of para-hydroxylation sites is 2. The Morgan fingerprint density at radius 3 is 0.760 bits per heavy atom. The lowest BCUT2D eigenvalue weighted by molar-refractivity contribution is 1.17. The highest BCUT2D eigenvalue weighted by atomic mass is 15.0. The molecule has 0 saturated carbocycles. The summed E-state index contributed by atoms with van der Waals surface area (Å²) in [6.45, 7) is 6.40. The van der Waals surface area contributed by atoms with Crippen LogP contribution in [0.15, 0.2) is 364 Å². The van der Waals surface area contributed by atoms with Crippen LogP contribution in [-0.2, 0) is 0 Å². The van der Waals surface area contributed by atoms with Crippen molar-refractivity contribution in [2.75, 3.05) is 0 Å². The third-order valence-corrected chi connectivity index (χ3v) is 18.8. The monoisotopic (exact) mass is 1230 g/mol. The van der Waals surface area contributed by atoms with Crippen molar-refractivity contribution in [2.24, 2.45) is 0 Å². The zero-order valence-electron chi connectivity index (χ0n) is 54.0. The molecule has 0 aliphatic carbocycles.